The molecule has 0 aromatic heterocycles. The number of ether oxygens (including phenoxy) is 1. The molecule has 0 radical (unpaired) electrons. The number of rotatable bonds is 7. The molecule has 0 spiro atoms. The van der Waals surface area contributed by atoms with Crippen molar-refractivity contribution < 1.29 is 17.3 Å². The SMILES string of the molecule is Cc1cc(OCCc2ccc(C#N)cc2)cc(OS(=O)(=O)c2cccc(Cl)c2Cl)c1. The Hall–Kier alpha value is -2.72. The van der Waals surface area contributed by atoms with Crippen LogP contribution in [0.25, 0.3) is 0 Å². The molecule has 3 rings (SSSR count). The summed E-state index contributed by atoms with van der Waals surface area (Å²) in [4.78, 5) is -0.207. The smallest absolute Gasteiger partial charge is 0.340 e. The standard InChI is InChI=1S/C22H17Cl2NO4S/c1-15-11-18(28-10-9-16-5-7-17(14-25)8-6-16)13-19(12-15)29-30(26,27)21-4-2-3-20(23)22(21)24/h2-8,11-13H,9-10H2,1H3. The molecule has 0 aliphatic rings. The first-order chi connectivity index (χ1) is 14.3. The highest BCUT2D eigenvalue weighted by Crippen LogP contribution is 2.32. The number of hydrogen-bond acceptors (Lipinski definition) is 5. The van der Waals surface area contributed by atoms with Gasteiger partial charge in [0, 0.05) is 12.5 Å². The Balaban J connectivity index is 1.71. The number of halogens is 2. The number of aryl methyl sites for hydroxylation is 1. The third-order valence-corrected chi connectivity index (χ3v) is 6.38. The first-order valence-corrected chi connectivity index (χ1v) is 11.1. The molecule has 0 saturated heterocycles. The van der Waals surface area contributed by atoms with E-state index in [-0.39, 0.29) is 20.7 Å². The summed E-state index contributed by atoms with van der Waals surface area (Å²) in [5, 5.41) is 8.87. The lowest BCUT2D eigenvalue weighted by Crippen LogP contribution is -2.11. The van der Waals surface area contributed by atoms with E-state index in [2.05, 4.69) is 6.07 Å². The maximum absolute atomic E-state index is 12.6. The summed E-state index contributed by atoms with van der Waals surface area (Å²) >= 11 is 11.9. The molecule has 0 unspecified atom stereocenters. The van der Waals surface area contributed by atoms with Gasteiger partial charge in [0.25, 0.3) is 0 Å². The van der Waals surface area contributed by atoms with Crippen molar-refractivity contribution in [1.82, 2.24) is 0 Å². The van der Waals surface area contributed by atoms with Gasteiger partial charge in [0.1, 0.15) is 16.4 Å². The Labute approximate surface area is 185 Å². The van der Waals surface area contributed by atoms with Crippen molar-refractivity contribution in [3.05, 3.63) is 87.4 Å². The van der Waals surface area contributed by atoms with Crippen LogP contribution in [0, 0.1) is 18.3 Å². The van der Waals surface area contributed by atoms with Crippen LogP contribution in [-0.2, 0) is 16.5 Å². The fraction of sp³-hybridized carbons (Fsp3) is 0.136. The highest BCUT2D eigenvalue weighted by atomic mass is 35.5. The normalized spacial score (nSPS) is 11.0. The second kappa shape index (κ2) is 9.40. The van der Waals surface area contributed by atoms with E-state index in [1.54, 1.807) is 31.2 Å². The number of hydrogen-bond donors (Lipinski definition) is 0. The Morgan fingerprint density at radius 1 is 1.00 bits per heavy atom. The second-order valence-electron chi connectivity index (χ2n) is 6.48. The van der Waals surface area contributed by atoms with E-state index in [1.165, 1.54) is 24.3 Å². The van der Waals surface area contributed by atoms with E-state index in [1.807, 2.05) is 12.1 Å². The van der Waals surface area contributed by atoms with Gasteiger partial charge in [0.15, 0.2) is 0 Å². The minimum Gasteiger partial charge on any atom is -0.493 e. The van der Waals surface area contributed by atoms with E-state index in [4.69, 9.17) is 37.4 Å². The van der Waals surface area contributed by atoms with Crippen LogP contribution in [0.1, 0.15) is 16.7 Å². The predicted octanol–water partition coefficient (Wildman–Crippen LogP) is 5.56. The topological polar surface area (TPSA) is 76.4 Å². The van der Waals surface area contributed by atoms with Gasteiger partial charge in [-0.1, -0.05) is 41.4 Å². The molecular weight excluding hydrogens is 445 g/mol. The summed E-state index contributed by atoms with van der Waals surface area (Å²) in [6.45, 7) is 2.18. The molecule has 0 atom stereocenters. The van der Waals surface area contributed by atoms with E-state index in [0.717, 1.165) is 11.1 Å². The zero-order chi connectivity index (χ0) is 21.7. The average molecular weight is 462 g/mol. The molecule has 0 saturated carbocycles. The molecule has 0 bridgehead atoms. The maximum Gasteiger partial charge on any atom is 0.340 e. The Bertz CT molecular complexity index is 1200. The monoisotopic (exact) mass is 461 g/mol. The molecule has 154 valence electrons. The van der Waals surface area contributed by atoms with Crippen molar-refractivity contribution >= 4 is 33.3 Å². The van der Waals surface area contributed by atoms with E-state index in [9.17, 15) is 8.42 Å². The molecule has 0 aliphatic heterocycles. The van der Waals surface area contributed by atoms with Crippen LogP contribution in [0.15, 0.2) is 65.6 Å². The van der Waals surface area contributed by atoms with Crippen molar-refractivity contribution in [2.75, 3.05) is 6.61 Å². The van der Waals surface area contributed by atoms with Gasteiger partial charge in [-0.25, -0.2) is 0 Å². The summed E-state index contributed by atoms with van der Waals surface area (Å²) in [6, 6.07) is 18.5. The minimum absolute atomic E-state index is 0.0919. The average Bonchev–Trinajstić information content (AvgIpc) is 2.69. The zero-order valence-electron chi connectivity index (χ0n) is 15.9. The van der Waals surface area contributed by atoms with Gasteiger partial charge >= 0.3 is 10.1 Å². The van der Waals surface area contributed by atoms with Crippen molar-refractivity contribution in [2.24, 2.45) is 0 Å². The highest BCUT2D eigenvalue weighted by Gasteiger charge is 2.22. The summed E-state index contributed by atoms with van der Waals surface area (Å²) in [5.74, 6) is 0.588. The number of nitrogens with zero attached hydrogens (tertiary/aromatic N) is 1. The first kappa shape index (κ1) is 22.0. The van der Waals surface area contributed by atoms with Crippen LogP contribution >= 0.6 is 23.2 Å². The third-order valence-electron chi connectivity index (χ3n) is 4.16. The predicted molar refractivity (Wildman–Crippen MR) is 116 cm³/mol. The number of nitriles is 1. The second-order valence-corrected chi connectivity index (χ2v) is 8.78. The molecular formula is C22H17Cl2NO4S. The van der Waals surface area contributed by atoms with Crippen molar-refractivity contribution in [3.8, 4) is 17.6 Å². The molecule has 0 fully saturated rings. The lowest BCUT2D eigenvalue weighted by Gasteiger charge is -2.12. The molecule has 5 nitrogen and oxygen atoms in total. The van der Waals surface area contributed by atoms with Gasteiger partial charge in [0.05, 0.1) is 28.3 Å². The minimum atomic E-state index is -4.17. The fourth-order valence-electron chi connectivity index (χ4n) is 2.73. The van der Waals surface area contributed by atoms with E-state index >= 15 is 0 Å². The van der Waals surface area contributed by atoms with Crippen LogP contribution in [-0.4, -0.2) is 15.0 Å². The maximum atomic E-state index is 12.6. The van der Waals surface area contributed by atoms with Gasteiger partial charge in [-0.2, -0.15) is 13.7 Å². The first-order valence-electron chi connectivity index (χ1n) is 8.90. The van der Waals surface area contributed by atoms with Crippen molar-refractivity contribution in [3.63, 3.8) is 0 Å². The lowest BCUT2D eigenvalue weighted by molar-refractivity contribution is 0.320. The Kier molecular flexibility index (Phi) is 6.88. The van der Waals surface area contributed by atoms with Gasteiger partial charge in [-0.3, -0.25) is 0 Å². The number of benzene rings is 3. The molecule has 0 heterocycles. The van der Waals surface area contributed by atoms with Gasteiger partial charge in [-0.15, -0.1) is 0 Å². The quantitative estimate of drug-likeness (QED) is 0.430. The molecule has 0 amide bonds. The largest absolute Gasteiger partial charge is 0.493 e. The summed E-state index contributed by atoms with van der Waals surface area (Å²) in [6.07, 6.45) is 0.631. The van der Waals surface area contributed by atoms with Crippen LogP contribution in [0.2, 0.25) is 10.0 Å². The van der Waals surface area contributed by atoms with E-state index in [0.29, 0.717) is 24.3 Å². The highest BCUT2D eigenvalue weighted by molar-refractivity contribution is 7.87. The van der Waals surface area contributed by atoms with Crippen LogP contribution in [0.4, 0.5) is 0 Å². The molecule has 3 aromatic carbocycles. The summed E-state index contributed by atoms with van der Waals surface area (Å²) in [5.41, 5.74) is 2.39. The zero-order valence-corrected chi connectivity index (χ0v) is 18.3. The molecule has 30 heavy (non-hydrogen) atoms. The van der Waals surface area contributed by atoms with Crippen LogP contribution < -0.4 is 8.92 Å². The summed E-state index contributed by atoms with van der Waals surface area (Å²) in [7, 11) is -4.17. The van der Waals surface area contributed by atoms with E-state index < -0.39 is 10.1 Å². The third kappa shape index (κ3) is 5.45. The molecule has 0 aliphatic carbocycles. The lowest BCUT2D eigenvalue weighted by atomic mass is 10.1. The Morgan fingerprint density at radius 2 is 1.70 bits per heavy atom. The Morgan fingerprint density at radius 3 is 2.40 bits per heavy atom. The fourth-order valence-corrected chi connectivity index (χ4v) is 4.38. The van der Waals surface area contributed by atoms with Crippen LogP contribution in [0.3, 0.4) is 0 Å². The van der Waals surface area contributed by atoms with Crippen molar-refractivity contribution in [2.45, 2.75) is 18.2 Å². The summed E-state index contributed by atoms with van der Waals surface area (Å²) < 4.78 is 36.3. The molecule has 0 N–H and O–H groups in total. The molecule has 8 heteroatoms. The van der Waals surface area contributed by atoms with Gasteiger partial charge in [0.2, 0.25) is 0 Å². The van der Waals surface area contributed by atoms with Crippen molar-refractivity contribution in [1.29, 1.82) is 5.26 Å². The molecule has 3 aromatic rings. The van der Waals surface area contributed by atoms with Crippen LogP contribution in [0.5, 0.6) is 11.5 Å². The van der Waals surface area contributed by atoms with Gasteiger partial charge in [-0.05, 0) is 54.4 Å². The van der Waals surface area contributed by atoms with Gasteiger partial charge < -0.3 is 8.92 Å².